The molecule has 0 unspecified atom stereocenters. The molecule has 0 bridgehead atoms. The molecule has 0 saturated heterocycles. The van der Waals surface area contributed by atoms with Gasteiger partial charge in [0.15, 0.2) is 0 Å². The molecule has 2 rings (SSSR count). The fraction of sp³-hybridized carbons (Fsp3) is 0.625. The number of aromatic amines is 1. The minimum atomic E-state index is 0.0995. The molecule has 1 heterocycles. The van der Waals surface area contributed by atoms with Crippen LogP contribution in [-0.2, 0) is 11.8 Å². The van der Waals surface area contributed by atoms with Crippen LogP contribution in [0.25, 0.3) is 0 Å². The first-order chi connectivity index (χ1) is 5.12. The lowest BCUT2D eigenvalue weighted by atomic mass is 9.85. The van der Waals surface area contributed by atoms with Gasteiger partial charge in [0, 0.05) is 29.1 Å². The summed E-state index contributed by atoms with van der Waals surface area (Å²) in [6, 6.07) is 0.242. The molecule has 0 spiro atoms. The summed E-state index contributed by atoms with van der Waals surface area (Å²) in [5.74, 6) is 0. The summed E-state index contributed by atoms with van der Waals surface area (Å²) in [4.78, 5) is 0. The number of H-pyrrole nitrogens is 1. The summed E-state index contributed by atoms with van der Waals surface area (Å²) >= 11 is 0. The first-order valence-corrected chi connectivity index (χ1v) is 3.90. The third kappa shape index (κ3) is 0.744. The molecule has 1 aliphatic rings. The zero-order valence-electron chi connectivity index (χ0n) is 6.89. The number of nitrogens with one attached hydrogen (secondary N) is 1. The van der Waals surface area contributed by atoms with Gasteiger partial charge in [0.1, 0.15) is 0 Å². The van der Waals surface area contributed by atoms with Crippen molar-refractivity contribution in [3.05, 3.63) is 17.5 Å². The molecule has 1 aliphatic carbocycles. The molecule has 1 aromatic rings. The summed E-state index contributed by atoms with van der Waals surface area (Å²) in [5, 5.41) is 6.97. The minimum Gasteiger partial charge on any atom is -0.327 e. The molecule has 0 saturated carbocycles. The predicted octanol–water partition coefficient (Wildman–Crippen LogP) is 0.571. The van der Waals surface area contributed by atoms with Gasteiger partial charge in [-0.25, -0.2) is 0 Å². The van der Waals surface area contributed by atoms with E-state index in [1.807, 2.05) is 6.20 Å². The molecule has 0 aliphatic heterocycles. The van der Waals surface area contributed by atoms with Gasteiger partial charge in [-0.05, 0) is 0 Å². The summed E-state index contributed by atoms with van der Waals surface area (Å²) in [7, 11) is 0. The zero-order chi connectivity index (χ0) is 8.06. The van der Waals surface area contributed by atoms with Gasteiger partial charge in [-0.3, -0.25) is 5.10 Å². The maximum absolute atomic E-state index is 5.96. The number of rotatable bonds is 0. The maximum Gasteiger partial charge on any atom is 0.0528 e. The number of nitrogens with zero attached hydrogens (tertiary/aromatic N) is 1. The van der Waals surface area contributed by atoms with Crippen LogP contribution in [0.5, 0.6) is 0 Å². The Balaban J connectivity index is 2.52. The number of aromatic nitrogens is 2. The lowest BCUT2D eigenvalue weighted by Gasteiger charge is -2.23. The quantitative estimate of drug-likeness (QED) is 0.569. The van der Waals surface area contributed by atoms with E-state index in [0.717, 1.165) is 6.42 Å². The normalized spacial score (nSPS) is 27.0. The van der Waals surface area contributed by atoms with Crippen molar-refractivity contribution < 1.29 is 0 Å². The van der Waals surface area contributed by atoms with Crippen molar-refractivity contribution in [3.8, 4) is 0 Å². The molecule has 11 heavy (non-hydrogen) atoms. The van der Waals surface area contributed by atoms with Crippen LogP contribution in [0.15, 0.2) is 6.20 Å². The lowest BCUT2D eigenvalue weighted by Crippen LogP contribution is -2.37. The summed E-state index contributed by atoms with van der Waals surface area (Å²) in [6.45, 7) is 4.33. The second-order valence-corrected chi connectivity index (χ2v) is 3.79. The van der Waals surface area contributed by atoms with E-state index in [1.165, 1.54) is 11.3 Å². The van der Waals surface area contributed by atoms with Crippen LogP contribution < -0.4 is 5.73 Å². The largest absolute Gasteiger partial charge is 0.327 e. The molecule has 0 fully saturated rings. The van der Waals surface area contributed by atoms with Crippen molar-refractivity contribution in [3.63, 3.8) is 0 Å². The van der Waals surface area contributed by atoms with Crippen LogP contribution in [0.2, 0.25) is 0 Å². The molecule has 1 aromatic heterocycles. The molecular formula is C8H13N3. The van der Waals surface area contributed by atoms with Crippen LogP contribution >= 0.6 is 0 Å². The van der Waals surface area contributed by atoms with Crippen molar-refractivity contribution in [2.24, 2.45) is 5.73 Å². The first kappa shape index (κ1) is 6.85. The second kappa shape index (κ2) is 1.85. The molecule has 0 radical (unpaired) electrons. The highest BCUT2D eigenvalue weighted by Gasteiger charge is 2.38. The fourth-order valence-corrected chi connectivity index (χ4v) is 1.70. The summed E-state index contributed by atoms with van der Waals surface area (Å²) in [6.07, 6.45) is 2.82. The number of hydrogen-bond donors (Lipinski definition) is 2. The van der Waals surface area contributed by atoms with E-state index in [9.17, 15) is 0 Å². The summed E-state index contributed by atoms with van der Waals surface area (Å²) in [5.41, 5.74) is 8.55. The van der Waals surface area contributed by atoms with Crippen LogP contribution in [0.4, 0.5) is 0 Å². The maximum atomic E-state index is 5.96. The van der Waals surface area contributed by atoms with E-state index in [1.54, 1.807) is 0 Å². The average molecular weight is 151 g/mol. The molecule has 60 valence electrons. The molecule has 3 nitrogen and oxygen atoms in total. The highest BCUT2D eigenvalue weighted by Crippen LogP contribution is 2.35. The van der Waals surface area contributed by atoms with Crippen molar-refractivity contribution >= 4 is 0 Å². The van der Waals surface area contributed by atoms with Crippen molar-refractivity contribution in [2.45, 2.75) is 31.7 Å². The van der Waals surface area contributed by atoms with Crippen LogP contribution in [0.3, 0.4) is 0 Å². The third-order valence-corrected chi connectivity index (χ3v) is 2.76. The Kier molecular flexibility index (Phi) is 1.16. The monoisotopic (exact) mass is 151 g/mol. The van der Waals surface area contributed by atoms with Gasteiger partial charge in [0.05, 0.1) is 6.20 Å². The Hall–Kier alpha value is -0.830. The van der Waals surface area contributed by atoms with Gasteiger partial charge >= 0.3 is 0 Å². The predicted molar refractivity (Wildman–Crippen MR) is 43.3 cm³/mol. The Morgan fingerprint density at radius 1 is 1.73 bits per heavy atom. The molecular weight excluding hydrogens is 138 g/mol. The van der Waals surface area contributed by atoms with Crippen LogP contribution in [-0.4, -0.2) is 16.2 Å². The Bertz CT molecular complexity index is 275. The van der Waals surface area contributed by atoms with Crippen molar-refractivity contribution in [1.29, 1.82) is 0 Å². The molecule has 3 N–H and O–H groups in total. The molecule has 0 amide bonds. The highest BCUT2D eigenvalue weighted by molar-refractivity contribution is 5.34. The standard InChI is InChI=1S/C8H13N3/c1-8(2)5-4-10-11-6(5)3-7(8)9/h4,7H,3,9H2,1-2H3,(H,10,11)/t7-/m1/s1. The zero-order valence-corrected chi connectivity index (χ0v) is 6.89. The van der Waals surface area contributed by atoms with E-state index in [-0.39, 0.29) is 11.5 Å². The van der Waals surface area contributed by atoms with E-state index >= 15 is 0 Å². The number of hydrogen-bond acceptors (Lipinski definition) is 2. The topological polar surface area (TPSA) is 54.7 Å². The Morgan fingerprint density at radius 3 is 3.09 bits per heavy atom. The van der Waals surface area contributed by atoms with Crippen LogP contribution in [0, 0.1) is 0 Å². The second-order valence-electron chi connectivity index (χ2n) is 3.79. The minimum absolute atomic E-state index is 0.0995. The van der Waals surface area contributed by atoms with Crippen molar-refractivity contribution in [1.82, 2.24) is 10.2 Å². The van der Waals surface area contributed by atoms with E-state index in [0.29, 0.717) is 0 Å². The van der Waals surface area contributed by atoms with Gasteiger partial charge in [0.2, 0.25) is 0 Å². The Labute approximate surface area is 66.0 Å². The first-order valence-electron chi connectivity index (χ1n) is 3.90. The molecule has 0 aromatic carbocycles. The smallest absolute Gasteiger partial charge is 0.0528 e. The number of nitrogens with two attached hydrogens (primary N) is 1. The van der Waals surface area contributed by atoms with Crippen molar-refractivity contribution in [2.75, 3.05) is 0 Å². The van der Waals surface area contributed by atoms with Gasteiger partial charge in [-0.2, -0.15) is 5.10 Å². The average Bonchev–Trinajstić information content (AvgIpc) is 2.41. The van der Waals surface area contributed by atoms with E-state index in [2.05, 4.69) is 24.0 Å². The third-order valence-electron chi connectivity index (χ3n) is 2.76. The van der Waals surface area contributed by atoms with Gasteiger partial charge in [-0.1, -0.05) is 13.8 Å². The van der Waals surface area contributed by atoms with Gasteiger partial charge < -0.3 is 5.73 Å². The van der Waals surface area contributed by atoms with Gasteiger partial charge in [-0.15, -0.1) is 0 Å². The van der Waals surface area contributed by atoms with Crippen LogP contribution in [0.1, 0.15) is 25.1 Å². The van der Waals surface area contributed by atoms with E-state index in [4.69, 9.17) is 5.73 Å². The fourth-order valence-electron chi connectivity index (χ4n) is 1.70. The molecule has 1 atom stereocenters. The Morgan fingerprint density at radius 2 is 2.45 bits per heavy atom. The lowest BCUT2D eigenvalue weighted by molar-refractivity contribution is 0.442. The molecule has 3 heteroatoms. The highest BCUT2D eigenvalue weighted by atomic mass is 15.1. The number of fused-ring (bicyclic) bond motifs is 1. The summed E-state index contributed by atoms with van der Waals surface area (Å²) < 4.78 is 0. The van der Waals surface area contributed by atoms with Gasteiger partial charge in [0.25, 0.3) is 0 Å². The van der Waals surface area contributed by atoms with E-state index < -0.39 is 0 Å². The SMILES string of the molecule is CC1(C)c2cn[nH]c2C[C@H]1N.